The van der Waals surface area contributed by atoms with E-state index in [2.05, 4.69) is 10.5 Å². The first-order valence-corrected chi connectivity index (χ1v) is 6.65. The van der Waals surface area contributed by atoms with E-state index in [0.29, 0.717) is 22.4 Å². The van der Waals surface area contributed by atoms with Crippen LogP contribution >= 0.6 is 0 Å². The molecule has 0 aliphatic carbocycles. The molecule has 0 unspecified atom stereocenters. The van der Waals surface area contributed by atoms with Crippen LogP contribution in [0.25, 0.3) is 0 Å². The number of hydrogen-bond donors (Lipinski definition) is 2. The summed E-state index contributed by atoms with van der Waals surface area (Å²) in [7, 11) is 0. The van der Waals surface area contributed by atoms with Crippen LogP contribution in [-0.2, 0) is 17.5 Å². The maximum atomic E-state index is 12.6. The number of phenolic OH excluding ortho intramolecular Hbond substituents is 1. The topological polar surface area (TPSA) is 83.7 Å². The van der Waals surface area contributed by atoms with Gasteiger partial charge in [0.25, 0.3) is 11.5 Å². The highest BCUT2D eigenvalue weighted by molar-refractivity contribution is 5.84. The molecular formula is C15H12F3N3O3. The van der Waals surface area contributed by atoms with Crippen LogP contribution in [0.4, 0.5) is 13.2 Å². The van der Waals surface area contributed by atoms with E-state index in [4.69, 9.17) is 0 Å². The van der Waals surface area contributed by atoms with E-state index < -0.39 is 29.8 Å². The second-order valence-electron chi connectivity index (χ2n) is 4.73. The lowest BCUT2D eigenvalue weighted by atomic mass is 10.2. The molecule has 2 N–H and O–H groups in total. The predicted octanol–water partition coefficient (Wildman–Crippen LogP) is 1.72. The van der Waals surface area contributed by atoms with E-state index in [1.165, 1.54) is 12.3 Å². The molecule has 9 heteroatoms. The van der Waals surface area contributed by atoms with Crippen molar-refractivity contribution in [1.82, 2.24) is 9.99 Å². The molecule has 6 nitrogen and oxygen atoms in total. The fourth-order valence-electron chi connectivity index (χ4n) is 1.78. The molecule has 0 aliphatic rings. The van der Waals surface area contributed by atoms with Crippen molar-refractivity contribution in [2.45, 2.75) is 12.7 Å². The lowest BCUT2D eigenvalue weighted by Crippen LogP contribution is -2.30. The van der Waals surface area contributed by atoms with Gasteiger partial charge in [0.05, 0.1) is 11.8 Å². The molecule has 126 valence electrons. The van der Waals surface area contributed by atoms with E-state index in [0.717, 1.165) is 6.07 Å². The van der Waals surface area contributed by atoms with Crippen molar-refractivity contribution in [2.75, 3.05) is 0 Å². The molecule has 1 aromatic heterocycles. The fourth-order valence-corrected chi connectivity index (χ4v) is 1.78. The smallest absolute Gasteiger partial charge is 0.417 e. The Morgan fingerprint density at radius 2 is 1.96 bits per heavy atom. The summed E-state index contributed by atoms with van der Waals surface area (Å²) in [4.78, 5) is 23.2. The number of aromatic nitrogens is 1. The van der Waals surface area contributed by atoms with Gasteiger partial charge in [-0.15, -0.1) is 0 Å². The molecule has 0 atom stereocenters. The van der Waals surface area contributed by atoms with E-state index in [1.54, 1.807) is 18.2 Å². The maximum Gasteiger partial charge on any atom is 0.417 e. The number of carbonyl (C=O) groups excluding carboxylic acids is 1. The minimum atomic E-state index is -4.62. The number of nitrogens with one attached hydrogen (secondary N) is 1. The molecule has 1 heterocycles. The highest BCUT2D eigenvalue weighted by Gasteiger charge is 2.31. The molecule has 1 aromatic carbocycles. The van der Waals surface area contributed by atoms with Gasteiger partial charge in [-0.05, 0) is 18.2 Å². The Morgan fingerprint density at radius 3 is 2.62 bits per heavy atom. The molecule has 0 radical (unpaired) electrons. The third-order valence-corrected chi connectivity index (χ3v) is 2.95. The van der Waals surface area contributed by atoms with Gasteiger partial charge in [0.1, 0.15) is 12.3 Å². The zero-order valence-electron chi connectivity index (χ0n) is 12.1. The number of para-hydroxylation sites is 1. The Balaban J connectivity index is 2.05. The van der Waals surface area contributed by atoms with Crippen molar-refractivity contribution in [3.8, 4) is 5.75 Å². The quantitative estimate of drug-likeness (QED) is 0.657. The lowest BCUT2D eigenvalue weighted by Gasteiger charge is -2.09. The van der Waals surface area contributed by atoms with Gasteiger partial charge in [-0.2, -0.15) is 18.3 Å². The van der Waals surface area contributed by atoms with Crippen molar-refractivity contribution in [3.63, 3.8) is 0 Å². The Bertz CT molecular complexity index is 828. The highest BCUT2D eigenvalue weighted by atomic mass is 19.4. The second kappa shape index (κ2) is 6.99. The van der Waals surface area contributed by atoms with Gasteiger partial charge in [0.2, 0.25) is 0 Å². The summed E-state index contributed by atoms with van der Waals surface area (Å²) < 4.78 is 38.4. The first-order chi connectivity index (χ1) is 11.3. The SMILES string of the molecule is O=C(Cn1cc(C(F)(F)F)ccc1=O)NN=Cc1ccccc1O. The van der Waals surface area contributed by atoms with E-state index in [1.807, 2.05) is 0 Å². The lowest BCUT2D eigenvalue weighted by molar-refractivity contribution is -0.138. The molecule has 24 heavy (non-hydrogen) atoms. The maximum absolute atomic E-state index is 12.6. The van der Waals surface area contributed by atoms with Gasteiger partial charge in [0, 0.05) is 17.8 Å². The number of phenols is 1. The number of amides is 1. The third kappa shape index (κ3) is 4.45. The zero-order valence-corrected chi connectivity index (χ0v) is 12.1. The van der Waals surface area contributed by atoms with E-state index in [9.17, 15) is 27.9 Å². The molecule has 0 spiro atoms. The minimum absolute atomic E-state index is 0.0513. The van der Waals surface area contributed by atoms with E-state index >= 15 is 0 Å². The summed E-state index contributed by atoms with van der Waals surface area (Å²) >= 11 is 0. The van der Waals surface area contributed by atoms with Crippen LogP contribution in [0.15, 0.2) is 52.5 Å². The molecular weight excluding hydrogens is 327 g/mol. The molecule has 2 rings (SSSR count). The number of halogens is 3. The number of aromatic hydroxyl groups is 1. The number of carbonyl (C=O) groups is 1. The van der Waals surface area contributed by atoms with Crippen LogP contribution in [0.2, 0.25) is 0 Å². The first kappa shape index (κ1) is 17.3. The average molecular weight is 339 g/mol. The standard InChI is InChI=1S/C15H12F3N3O3/c16-15(17,18)11-5-6-14(24)21(8-11)9-13(23)20-19-7-10-3-1-2-4-12(10)22/h1-8,22H,9H2,(H,20,23). The average Bonchev–Trinajstić information content (AvgIpc) is 2.50. The fraction of sp³-hybridized carbons (Fsp3) is 0.133. The van der Waals surface area contributed by atoms with Crippen molar-refractivity contribution in [3.05, 3.63) is 64.1 Å². The minimum Gasteiger partial charge on any atom is -0.507 e. The zero-order chi connectivity index (χ0) is 17.7. The summed E-state index contributed by atoms with van der Waals surface area (Å²) in [5.41, 5.74) is 0.630. The van der Waals surface area contributed by atoms with Gasteiger partial charge in [-0.3, -0.25) is 9.59 Å². The molecule has 0 saturated heterocycles. The number of pyridine rings is 1. The van der Waals surface area contributed by atoms with Crippen molar-refractivity contribution in [1.29, 1.82) is 0 Å². The van der Waals surface area contributed by atoms with Gasteiger partial charge in [-0.1, -0.05) is 12.1 Å². The third-order valence-electron chi connectivity index (χ3n) is 2.95. The largest absolute Gasteiger partial charge is 0.507 e. The number of hydrogen-bond acceptors (Lipinski definition) is 4. The van der Waals surface area contributed by atoms with Crippen LogP contribution < -0.4 is 11.0 Å². The molecule has 1 amide bonds. The Hall–Kier alpha value is -3.10. The number of hydrazone groups is 1. The summed E-state index contributed by atoms with van der Waals surface area (Å²) in [6, 6.07) is 7.60. The van der Waals surface area contributed by atoms with Crippen molar-refractivity contribution < 1.29 is 23.1 Å². The summed E-state index contributed by atoms with van der Waals surface area (Å²) in [5, 5.41) is 13.1. The van der Waals surface area contributed by atoms with Crippen molar-refractivity contribution in [2.24, 2.45) is 5.10 Å². The predicted molar refractivity (Wildman–Crippen MR) is 79.5 cm³/mol. The molecule has 0 saturated carbocycles. The molecule has 0 aliphatic heterocycles. The number of rotatable bonds is 4. The van der Waals surface area contributed by atoms with Crippen LogP contribution in [0.1, 0.15) is 11.1 Å². The summed E-state index contributed by atoms with van der Waals surface area (Å²) in [5.74, 6) is -0.840. The van der Waals surface area contributed by atoms with Crippen molar-refractivity contribution >= 4 is 12.1 Å². The van der Waals surface area contributed by atoms with Crippen LogP contribution in [0.5, 0.6) is 5.75 Å². The highest BCUT2D eigenvalue weighted by Crippen LogP contribution is 2.27. The number of nitrogens with zero attached hydrogens (tertiary/aromatic N) is 2. The second-order valence-corrected chi connectivity index (χ2v) is 4.73. The Kier molecular flexibility index (Phi) is 5.02. The van der Waals surface area contributed by atoms with E-state index in [-0.39, 0.29) is 5.75 Å². The monoisotopic (exact) mass is 339 g/mol. The Morgan fingerprint density at radius 1 is 1.25 bits per heavy atom. The van der Waals surface area contributed by atoms with Crippen LogP contribution in [0.3, 0.4) is 0 Å². The van der Waals surface area contributed by atoms with Crippen LogP contribution in [0, 0.1) is 0 Å². The summed E-state index contributed by atoms with van der Waals surface area (Å²) in [6.07, 6.45) is -2.88. The molecule has 0 bridgehead atoms. The Labute approximate surface area is 133 Å². The molecule has 0 fully saturated rings. The number of benzene rings is 1. The first-order valence-electron chi connectivity index (χ1n) is 6.65. The van der Waals surface area contributed by atoms with Gasteiger partial charge >= 0.3 is 6.18 Å². The normalized spacial score (nSPS) is 11.6. The van der Waals surface area contributed by atoms with Gasteiger partial charge in [-0.25, -0.2) is 5.43 Å². The van der Waals surface area contributed by atoms with Gasteiger partial charge in [0.15, 0.2) is 0 Å². The molecule has 2 aromatic rings. The number of alkyl halides is 3. The summed E-state index contributed by atoms with van der Waals surface area (Å²) in [6.45, 7) is -0.624. The van der Waals surface area contributed by atoms with Crippen LogP contribution in [-0.4, -0.2) is 21.8 Å². The van der Waals surface area contributed by atoms with Gasteiger partial charge < -0.3 is 9.67 Å².